The molecule has 1 heterocycles. The zero-order valence-electron chi connectivity index (χ0n) is 8.46. The Morgan fingerprint density at radius 3 is 1.31 bits per heavy atom. The maximum Gasteiger partial charge on any atom is 0.200 e. The topological polar surface area (TPSA) is 53.6 Å². The Balaban J connectivity index is 3.20. The molecule has 0 aliphatic heterocycles. The Labute approximate surface area is 78.0 Å². The Bertz CT molecular complexity index is 269. The highest BCUT2D eigenvalue weighted by atomic mass is 16.4. The highest BCUT2D eigenvalue weighted by Gasteiger charge is 2.22. The third kappa shape index (κ3) is 1.64. The monoisotopic (exact) mass is 184 g/mol. The molecular weight excluding hydrogens is 168 g/mol. The lowest BCUT2D eigenvalue weighted by Gasteiger charge is -2.00. The van der Waals surface area contributed by atoms with E-state index in [1.54, 1.807) is 0 Å². The van der Waals surface area contributed by atoms with E-state index < -0.39 is 0 Å². The van der Waals surface area contributed by atoms with Crippen molar-refractivity contribution in [2.75, 3.05) is 0 Å². The predicted molar refractivity (Wildman–Crippen MR) is 50.2 cm³/mol. The van der Waals surface area contributed by atoms with E-state index in [2.05, 4.69) is 0 Å². The molecule has 0 radical (unpaired) electrons. The highest BCUT2D eigenvalue weighted by Crippen LogP contribution is 2.42. The third-order valence-corrected chi connectivity index (χ3v) is 1.96. The van der Waals surface area contributed by atoms with Gasteiger partial charge in [0.15, 0.2) is 11.5 Å². The molecule has 0 aromatic carbocycles. The molecule has 74 valence electrons. The molecule has 2 N–H and O–H groups in total. The normalized spacial score (nSPS) is 11.5. The molecule has 0 aliphatic carbocycles. The average molecular weight is 184 g/mol. The van der Waals surface area contributed by atoms with E-state index in [1.807, 2.05) is 27.7 Å². The minimum atomic E-state index is -0.112. The molecule has 3 nitrogen and oxygen atoms in total. The molecule has 1 aromatic heterocycles. The molecule has 0 amide bonds. The molecule has 0 saturated carbocycles. The SMILES string of the molecule is CC(C)c1oc(C(C)C)c(O)c1O. The van der Waals surface area contributed by atoms with Crippen LogP contribution in [0.2, 0.25) is 0 Å². The van der Waals surface area contributed by atoms with Crippen LogP contribution in [0, 0.1) is 0 Å². The predicted octanol–water partition coefficient (Wildman–Crippen LogP) is 2.94. The molecular formula is C10H16O3. The molecule has 0 bridgehead atoms. The van der Waals surface area contributed by atoms with E-state index in [1.165, 1.54) is 0 Å². The van der Waals surface area contributed by atoms with Gasteiger partial charge in [0, 0.05) is 11.8 Å². The summed E-state index contributed by atoms with van der Waals surface area (Å²) in [7, 11) is 0. The Morgan fingerprint density at radius 2 is 1.15 bits per heavy atom. The summed E-state index contributed by atoms with van der Waals surface area (Å²) in [6, 6.07) is 0. The molecule has 0 fully saturated rings. The van der Waals surface area contributed by atoms with E-state index in [9.17, 15) is 10.2 Å². The minimum absolute atomic E-state index is 0.0819. The summed E-state index contributed by atoms with van der Waals surface area (Å²) in [5.41, 5.74) is 0. The van der Waals surface area contributed by atoms with Crippen LogP contribution < -0.4 is 0 Å². The van der Waals surface area contributed by atoms with Gasteiger partial charge in [0.2, 0.25) is 11.5 Å². The van der Waals surface area contributed by atoms with Crippen molar-refractivity contribution in [3.8, 4) is 11.5 Å². The van der Waals surface area contributed by atoms with Crippen molar-refractivity contribution in [2.24, 2.45) is 0 Å². The van der Waals surface area contributed by atoms with Crippen molar-refractivity contribution in [3.05, 3.63) is 11.5 Å². The van der Waals surface area contributed by atoms with Crippen LogP contribution in [-0.2, 0) is 0 Å². The van der Waals surface area contributed by atoms with Gasteiger partial charge in [-0.3, -0.25) is 0 Å². The zero-order chi connectivity index (χ0) is 10.2. The van der Waals surface area contributed by atoms with Crippen LogP contribution in [0.1, 0.15) is 51.1 Å². The summed E-state index contributed by atoms with van der Waals surface area (Å²) < 4.78 is 5.37. The summed E-state index contributed by atoms with van der Waals surface area (Å²) in [6.45, 7) is 7.62. The van der Waals surface area contributed by atoms with E-state index >= 15 is 0 Å². The maximum atomic E-state index is 9.49. The van der Waals surface area contributed by atoms with E-state index in [0.29, 0.717) is 11.5 Å². The Kier molecular flexibility index (Phi) is 2.55. The van der Waals surface area contributed by atoms with Crippen LogP contribution in [0.4, 0.5) is 0 Å². The number of aromatic hydroxyl groups is 2. The molecule has 3 heteroatoms. The van der Waals surface area contributed by atoms with Crippen LogP contribution in [0.15, 0.2) is 4.42 Å². The van der Waals surface area contributed by atoms with Gasteiger partial charge in [-0.15, -0.1) is 0 Å². The Morgan fingerprint density at radius 1 is 0.846 bits per heavy atom. The third-order valence-electron chi connectivity index (χ3n) is 1.96. The van der Waals surface area contributed by atoms with Crippen molar-refractivity contribution in [3.63, 3.8) is 0 Å². The lowest BCUT2D eigenvalue weighted by Crippen LogP contribution is -1.84. The van der Waals surface area contributed by atoms with Gasteiger partial charge in [-0.2, -0.15) is 0 Å². The fraction of sp³-hybridized carbons (Fsp3) is 0.600. The maximum absolute atomic E-state index is 9.49. The number of furan rings is 1. The standard InChI is InChI=1S/C10H16O3/c1-5(2)9-7(11)8(12)10(13-9)6(3)4/h5-6,11-12H,1-4H3. The molecule has 0 unspecified atom stereocenters. The van der Waals surface area contributed by atoms with Gasteiger partial charge in [-0.25, -0.2) is 0 Å². The molecule has 0 saturated heterocycles. The molecule has 1 aromatic rings. The second kappa shape index (κ2) is 3.32. The van der Waals surface area contributed by atoms with Crippen molar-refractivity contribution in [1.29, 1.82) is 0 Å². The number of hydrogen-bond acceptors (Lipinski definition) is 3. The number of hydrogen-bond donors (Lipinski definition) is 2. The summed E-state index contributed by atoms with van der Waals surface area (Å²) in [6.07, 6.45) is 0. The highest BCUT2D eigenvalue weighted by molar-refractivity contribution is 5.46. The first-order chi connectivity index (χ1) is 5.95. The largest absolute Gasteiger partial charge is 0.502 e. The fourth-order valence-corrected chi connectivity index (χ4v) is 1.23. The van der Waals surface area contributed by atoms with Crippen molar-refractivity contribution >= 4 is 0 Å². The lowest BCUT2D eigenvalue weighted by molar-refractivity contribution is 0.398. The van der Waals surface area contributed by atoms with Crippen LogP contribution in [0.3, 0.4) is 0 Å². The van der Waals surface area contributed by atoms with Crippen molar-refractivity contribution < 1.29 is 14.6 Å². The first-order valence-corrected chi connectivity index (χ1v) is 4.49. The molecule has 1 rings (SSSR count). The first kappa shape index (κ1) is 9.96. The quantitative estimate of drug-likeness (QED) is 0.743. The van der Waals surface area contributed by atoms with Gasteiger partial charge in [0.05, 0.1) is 0 Å². The second-order valence-electron chi connectivity index (χ2n) is 3.84. The summed E-state index contributed by atoms with van der Waals surface area (Å²) in [5, 5.41) is 19.0. The summed E-state index contributed by atoms with van der Waals surface area (Å²) in [5.74, 6) is 0.858. The zero-order valence-corrected chi connectivity index (χ0v) is 8.46. The van der Waals surface area contributed by atoms with Crippen LogP contribution in [0.5, 0.6) is 11.5 Å². The second-order valence-corrected chi connectivity index (χ2v) is 3.84. The van der Waals surface area contributed by atoms with E-state index in [0.717, 1.165) is 0 Å². The molecule has 0 spiro atoms. The lowest BCUT2D eigenvalue weighted by atomic mass is 10.1. The van der Waals surface area contributed by atoms with Crippen LogP contribution in [-0.4, -0.2) is 10.2 Å². The van der Waals surface area contributed by atoms with Gasteiger partial charge in [-0.1, -0.05) is 27.7 Å². The van der Waals surface area contributed by atoms with Gasteiger partial charge >= 0.3 is 0 Å². The summed E-state index contributed by atoms with van der Waals surface area (Å²) >= 11 is 0. The number of rotatable bonds is 2. The summed E-state index contributed by atoms with van der Waals surface area (Å²) in [4.78, 5) is 0. The fourth-order valence-electron chi connectivity index (χ4n) is 1.23. The van der Waals surface area contributed by atoms with Gasteiger partial charge < -0.3 is 14.6 Å². The van der Waals surface area contributed by atoms with Crippen molar-refractivity contribution in [2.45, 2.75) is 39.5 Å². The average Bonchev–Trinajstić information content (AvgIpc) is 2.29. The Hall–Kier alpha value is -1.12. The minimum Gasteiger partial charge on any atom is -0.502 e. The first-order valence-electron chi connectivity index (χ1n) is 4.49. The van der Waals surface area contributed by atoms with Crippen LogP contribution >= 0.6 is 0 Å². The van der Waals surface area contributed by atoms with Gasteiger partial charge in [0.1, 0.15) is 0 Å². The van der Waals surface area contributed by atoms with E-state index in [-0.39, 0.29) is 23.3 Å². The van der Waals surface area contributed by atoms with E-state index in [4.69, 9.17) is 4.42 Å². The molecule has 13 heavy (non-hydrogen) atoms. The van der Waals surface area contributed by atoms with Crippen molar-refractivity contribution in [1.82, 2.24) is 0 Å². The molecule has 0 aliphatic rings. The molecule has 0 atom stereocenters. The van der Waals surface area contributed by atoms with Gasteiger partial charge in [-0.05, 0) is 0 Å². The van der Waals surface area contributed by atoms with Gasteiger partial charge in [0.25, 0.3) is 0 Å². The smallest absolute Gasteiger partial charge is 0.200 e. The van der Waals surface area contributed by atoms with Crippen LogP contribution in [0.25, 0.3) is 0 Å².